The standard InChI is InChI=1S/C24H20N2O3/c1-16(27)18-11-7-12-20(14-18)25-23(28)22-15-19-10-5-6-13-21(19)26(22)24(29)17-8-3-2-4-9-17/h2-14,22H,15H2,1H3,(H,25,28). The summed E-state index contributed by atoms with van der Waals surface area (Å²) in [6, 6.07) is 22.6. The van der Waals surface area contributed by atoms with E-state index in [1.807, 2.05) is 30.3 Å². The minimum atomic E-state index is -0.666. The van der Waals surface area contributed by atoms with E-state index in [1.165, 1.54) is 6.92 Å². The first-order chi connectivity index (χ1) is 14.0. The smallest absolute Gasteiger partial charge is 0.259 e. The van der Waals surface area contributed by atoms with Crippen molar-refractivity contribution < 1.29 is 14.4 Å². The van der Waals surface area contributed by atoms with Crippen molar-refractivity contribution >= 4 is 29.0 Å². The second-order valence-corrected chi connectivity index (χ2v) is 7.02. The summed E-state index contributed by atoms with van der Waals surface area (Å²) in [5, 5.41) is 2.87. The van der Waals surface area contributed by atoms with Crippen LogP contribution in [0.3, 0.4) is 0 Å². The molecule has 0 bridgehead atoms. The van der Waals surface area contributed by atoms with E-state index in [4.69, 9.17) is 0 Å². The third-order valence-corrected chi connectivity index (χ3v) is 5.05. The molecule has 0 aromatic heterocycles. The summed E-state index contributed by atoms with van der Waals surface area (Å²) < 4.78 is 0. The molecule has 3 aromatic carbocycles. The topological polar surface area (TPSA) is 66.5 Å². The van der Waals surface area contributed by atoms with Gasteiger partial charge in [0, 0.05) is 28.9 Å². The van der Waals surface area contributed by atoms with Crippen LogP contribution in [0.1, 0.15) is 33.2 Å². The van der Waals surface area contributed by atoms with E-state index in [-0.39, 0.29) is 17.6 Å². The maximum Gasteiger partial charge on any atom is 0.259 e. The summed E-state index contributed by atoms with van der Waals surface area (Å²) in [5.74, 6) is -0.574. The highest BCUT2D eigenvalue weighted by Crippen LogP contribution is 2.34. The Morgan fingerprint density at radius 1 is 0.862 bits per heavy atom. The second-order valence-electron chi connectivity index (χ2n) is 7.02. The number of para-hydroxylation sites is 1. The first-order valence-corrected chi connectivity index (χ1v) is 9.43. The monoisotopic (exact) mass is 384 g/mol. The minimum Gasteiger partial charge on any atom is -0.324 e. The zero-order chi connectivity index (χ0) is 20.4. The molecule has 5 nitrogen and oxygen atoms in total. The summed E-state index contributed by atoms with van der Waals surface area (Å²) in [6.45, 7) is 1.48. The lowest BCUT2D eigenvalue weighted by molar-refractivity contribution is -0.117. The molecule has 1 N–H and O–H groups in total. The number of carbonyl (C=O) groups is 3. The summed E-state index contributed by atoms with van der Waals surface area (Å²) in [7, 11) is 0. The van der Waals surface area contributed by atoms with E-state index in [2.05, 4.69) is 5.32 Å². The van der Waals surface area contributed by atoms with E-state index in [9.17, 15) is 14.4 Å². The molecule has 0 aliphatic carbocycles. The van der Waals surface area contributed by atoms with E-state index in [1.54, 1.807) is 53.4 Å². The molecule has 144 valence electrons. The van der Waals surface area contributed by atoms with Crippen molar-refractivity contribution in [2.24, 2.45) is 0 Å². The molecule has 0 saturated carbocycles. The van der Waals surface area contributed by atoms with Crippen LogP contribution in [0, 0.1) is 0 Å². The van der Waals surface area contributed by atoms with Crippen molar-refractivity contribution in [1.82, 2.24) is 0 Å². The zero-order valence-electron chi connectivity index (χ0n) is 16.0. The Morgan fingerprint density at radius 2 is 1.55 bits per heavy atom. The maximum absolute atomic E-state index is 13.2. The molecule has 1 heterocycles. The van der Waals surface area contributed by atoms with Gasteiger partial charge in [-0.2, -0.15) is 0 Å². The summed E-state index contributed by atoms with van der Waals surface area (Å²) >= 11 is 0. The third kappa shape index (κ3) is 3.67. The number of hydrogen-bond acceptors (Lipinski definition) is 3. The summed E-state index contributed by atoms with van der Waals surface area (Å²) in [5.41, 5.74) is 3.29. The number of ketones is 1. The fraction of sp³-hybridized carbons (Fsp3) is 0.125. The van der Waals surface area contributed by atoms with Crippen molar-refractivity contribution in [3.8, 4) is 0 Å². The van der Waals surface area contributed by atoms with Crippen molar-refractivity contribution in [3.63, 3.8) is 0 Å². The molecule has 2 amide bonds. The summed E-state index contributed by atoms with van der Waals surface area (Å²) in [6.07, 6.45) is 0.437. The molecule has 3 aromatic rings. The molecule has 4 rings (SSSR count). The average Bonchev–Trinajstić information content (AvgIpc) is 3.14. The second kappa shape index (κ2) is 7.72. The van der Waals surface area contributed by atoms with Crippen LogP contribution < -0.4 is 10.2 Å². The molecule has 1 atom stereocenters. The van der Waals surface area contributed by atoms with E-state index in [0.29, 0.717) is 23.2 Å². The lowest BCUT2D eigenvalue weighted by Crippen LogP contribution is -2.45. The Hall–Kier alpha value is -3.73. The highest BCUT2D eigenvalue weighted by atomic mass is 16.2. The van der Waals surface area contributed by atoms with Gasteiger partial charge < -0.3 is 5.32 Å². The molecule has 0 fully saturated rings. The number of carbonyl (C=O) groups excluding carboxylic acids is 3. The highest BCUT2D eigenvalue weighted by molar-refractivity contribution is 6.13. The van der Waals surface area contributed by atoms with E-state index >= 15 is 0 Å². The van der Waals surface area contributed by atoms with Gasteiger partial charge in [0.25, 0.3) is 5.91 Å². The SMILES string of the molecule is CC(=O)c1cccc(NC(=O)C2Cc3ccccc3N2C(=O)c2ccccc2)c1. The number of rotatable bonds is 4. The number of Topliss-reactive ketones (excluding diaryl/α,β-unsaturated/α-hetero) is 1. The molecular formula is C24H20N2O3. The molecule has 0 radical (unpaired) electrons. The fourth-order valence-electron chi connectivity index (χ4n) is 3.61. The lowest BCUT2D eigenvalue weighted by atomic mass is 10.1. The predicted molar refractivity (Wildman–Crippen MR) is 112 cm³/mol. The van der Waals surface area contributed by atoms with Crippen LogP contribution in [0.5, 0.6) is 0 Å². The number of amides is 2. The van der Waals surface area contributed by atoms with Crippen LogP contribution in [-0.2, 0) is 11.2 Å². The van der Waals surface area contributed by atoms with Gasteiger partial charge in [-0.15, -0.1) is 0 Å². The molecule has 1 aliphatic heterocycles. The van der Waals surface area contributed by atoms with Gasteiger partial charge >= 0.3 is 0 Å². The Kier molecular flexibility index (Phi) is 4.96. The summed E-state index contributed by atoms with van der Waals surface area (Å²) in [4.78, 5) is 39.5. The minimum absolute atomic E-state index is 0.0738. The zero-order valence-corrected chi connectivity index (χ0v) is 16.0. The van der Waals surface area contributed by atoms with Gasteiger partial charge in [0.05, 0.1) is 0 Å². The first-order valence-electron chi connectivity index (χ1n) is 9.43. The van der Waals surface area contributed by atoms with Gasteiger partial charge in [-0.05, 0) is 42.8 Å². The molecule has 1 aliphatic rings. The Morgan fingerprint density at radius 3 is 2.31 bits per heavy atom. The van der Waals surface area contributed by atoms with Gasteiger partial charge in [-0.1, -0.05) is 48.5 Å². The maximum atomic E-state index is 13.2. The van der Waals surface area contributed by atoms with Crippen LogP contribution in [0.4, 0.5) is 11.4 Å². The van der Waals surface area contributed by atoms with Crippen LogP contribution in [0.25, 0.3) is 0 Å². The van der Waals surface area contributed by atoms with Gasteiger partial charge in [0.15, 0.2) is 5.78 Å². The van der Waals surface area contributed by atoms with Crippen molar-refractivity contribution in [1.29, 1.82) is 0 Å². The number of benzene rings is 3. The van der Waals surface area contributed by atoms with Crippen molar-refractivity contribution in [2.75, 3.05) is 10.2 Å². The molecule has 0 saturated heterocycles. The molecule has 5 heteroatoms. The molecule has 0 spiro atoms. The molecule has 1 unspecified atom stereocenters. The average molecular weight is 384 g/mol. The van der Waals surface area contributed by atoms with Crippen LogP contribution in [0.2, 0.25) is 0 Å². The Labute approximate surface area is 169 Å². The van der Waals surface area contributed by atoms with Gasteiger partial charge in [0.1, 0.15) is 6.04 Å². The van der Waals surface area contributed by atoms with E-state index < -0.39 is 6.04 Å². The van der Waals surface area contributed by atoms with Crippen molar-refractivity contribution in [2.45, 2.75) is 19.4 Å². The number of nitrogens with one attached hydrogen (secondary N) is 1. The third-order valence-electron chi connectivity index (χ3n) is 5.05. The number of anilines is 2. The molecular weight excluding hydrogens is 364 g/mol. The fourth-order valence-corrected chi connectivity index (χ4v) is 3.61. The van der Waals surface area contributed by atoms with Crippen molar-refractivity contribution in [3.05, 3.63) is 95.6 Å². The van der Waals surface area contributed by atoms with Gasteiger partial charge in [0.2, 0.25) is 5.91 Å². The van der Waals surface area contributed by atoms with Crippen LogP contribution >= 0.6 is 0 Å². The van der Waals surface area contributed by atoms with Gasteiger partial charge in [-0.3, -0.25) is 19.3 Å². The highest BCUT2D eigenvalue weighted by Gasteiger charge is 2.38. The van der Waals surface area contributed by atoms with Gasteiger partial charge in [-0.25, -0.2) is 0 Å². The molecule has 29 heavy (non-hydrogen) atoms. The van der Waals surface area contributed by atoms with E-state index in [0.717, 1.165) is 11.3 Å². The Balaban J connectivity index is 1.65. The van der Waals surface area contributed by atoms with Crippen LogP contribution in [-0.4, -0.2) is 23.6 Å². The van der Waals surface area contributed by atoms with Crippen LogP contribution in [0.15, 0.2) is 78.9 Å². The first kappa shape index (κ1) is 18.6. The largest absolute Gasteiger partial charge is 0.324 e. The number of fused-ring (bicyclic) bond motifs is 1. The number of hydrogen-bond donors (Lipinski definition) is 1. The number of nitrogens with zero attached hydrogens (tertiary/aromatic N) is 1. The Bertz CT molecular complexity index is 1090. The normalized spacial score (nSPS) is 14.9. The predicted octanol–water partition coefficient (Wildman–Crippen LogP) is 4.10. The quantitative estimate of drug-likeness (QED) is 0.689. The lowest BCUT2D eigenvalue weighted by Gasteiger charge is -2.25.